The third-order valence-corrected chi connectivity index (χ3v) is 6.50. The van der Waals surface area contributed by atoms with E-state index >= 15 is 0 Å². The van der Waals surface area contributed by atoms with Crippen LogP contribution in [0.25, 0.3) is 11.0 Å². The maximum Gasteiger partial charge on any atom is 0.410 e. The van der Waals surface area contributed by atoms with Crippen molar-refractivity contribution >= 4 is 23.0 Å². The zero-order chi connectivity index (χ0) is 24.8. The van der Waals surface area contributed by atoms with Gasteiger partial charge in [0.15, 0.2) is 0 Å². The molecule has 1 saturated heterocycles. The summed E-state index contributed by atoms with van der Waals surface area (Å²) in [5, 5.41) is 0.873. The Morgan fingerprint density at radius 1 is 1.09 bits per heavy atom. The molecule has 1 aromatic heterocycles. The van der Waals surface area contributed by atoms with Crippen LogP contribution in [0.15, 0.2) is 57.7 Å². The first-order chi connectivity index (χ1) is 17.0. The topological polar surface area (TPSA) is 86.0 Å². The number of carbonyl (C=O) groups excluding carboxylic acids is 2. The molecule has 4 rings (SSSR count). The van der Waals surface area contributed by atoms with E-state index in [0.29, 0.717) is 42.8 Å². The lowest BCUT2D eigenvalue weighted by Crippen LogP contribution is -2.41. The van der Waals surface area contributed by atoms with Crippen LogP contribution in [0.2, 0.25) is 0 Å². The van der Waals surface area contributed by atoms with Gasteiger partial charge in [-0.2, -0.15) is 0 Å². The van der Waals surface area contributed by atoms with Crippen molar-refractivity contribution in [1.82, 2.24) is 4.90 Å². The third-order valence-electron chi connectivity index (χ3n) is 6.50. The first-order valence-corrected chi connectivity index (χ1v) is 12.2. The first-order valence-electron chi connectivity index (χ1n) is 12.2. The van der Waals surface area contributed by atoms with E-state index in [1.165, 1.54) is 0 Å². The van der Waals surface area contributed by atoms with Gasteiger partial charge in [-0.3, -0.25) is 4.79 Å². The minimum atomic E-state index is -0.401. The van der Waals surface area contributed by atoms with Crippen LogP contribution in [-0.4, -0.2) is 30.1 Å². The average molecular weight is 478 g/mol. The number of piperidine rings is 1. The predicted octanol–water partition coefficient (Wildman–Crippen LogP) is 5.40. The fourth-order valence-electron chi connectivity index (χ4n) is 4.39. The van der Waals surface area contributed by atoms with E-state index in [2.05, 4.69) is 6.92 Å². The number of nitrogens with zero attached hydrogens (tertiary/aromatic N) is 1. The highest BCUT2D eigenvalue weighted by Gasteiger charge is 2.30. The number of rotatable bonds is 7. The fraction of sp³-hybridized carbons (Fsp3) is 0.393. The quantitative estimate of drug-likeness (QED) is 0.257. The molecule has 3 aromatic rings. The van der Waals surface area contributed by atoms with Gasteiger partial charge in [0.05, 0.1) is 5.92 Å². The summed E-state index contributed by atoms with van der Waals surface area (Å²) in [6.07, 6.45) is 3.43. The lowest BCUT2D eigenvalue weighted by Gasteiger charge is -2.30. The minimum absolute atomic E-state index is 0.221. The van der Waals surface area contributed by atoms with Crippen molar-refractivity contribution in [2.24, 2.45) is 5.92 Å². The highest BCUT2D eigenvalue weighted by atomic mass is 16.6. The molecule has 0 unspecified atom stereocenters. The van der Waals surface area contributed by atoms with E-state index in [-0.39, 0.29) is 24.6 Å². The van der Waals surface area contributed by atoms with Crippen LogP contribution >= 0.6 is 0 Å². The Balaban J connectivity index is 1.36. The van der Waals surface area contributed by atoms with E-state index in [9.17, 15) is 14.4 Å². The van der Waals surface area contributed by atoms with E-state index in [1.54, 1.807) is 24.0 Å². The maximum atomic E-state index is 12.9. The Kier molecular flexibility index (Phi) is 7.85. The number of fused-ring (bicyclic) bond motifs is 1. The maximum absolute atomic E-state index is 12.9. The molecule has 7 heteroatoms. The predicted molar refractivity (Wildman–Crippen MR) is 132 cm³/mol. The molecule has 1 aliphatic heterocycles. The van der Waals surface area contributed by atoms with Gasteiger partial charge in [0.25, 0.3) is 0 Å². The summed E-state index contributed by atoms with van der Waals surface area (Å²) in [4.78, 5) is 39.0. The van der Waals surface area contributed by atoms with Gasteiger partial charge < -0.3 is 18.8 Å². The van der Waals surface area contributed by atoms with Crippen molar-refractivity contribution in [2.75, 3.05) is 13.1 Å². The van der Waals surface area contributed by atoms with Crippen LogP contribution in [0.3, 0.4) is 0 Å². The molecule has 2 heterocycles. The van der Waals surface area contributed by atoms with Gasteiger partial charge in [-0.1, -0.05) is 43.7 Å². The summed E-state index contributed by atoms with van der Waals surface area (Å²) in [6, 6.07) is 14.7. The molecule has 0 spiro atoms. The third kappa shape index (κ3) is 5.91. The van der Waals surface area contributed by atoms with E-state index in [4.69, 9.17) is 13.9 Å². The smallest absolute Gasteiger partial charge is 0.410 e. The molecular weight excluding hydrogens is 446 g/mol. The molecule has 7 nitrogen and oxygen atoms in total. The molecule has 0 N–H and O–H groups in total. The second-order valence-electron chi connectivity index (χ2n) is 8.98. The molecule has 1 amide bonds. The lowest BCUT2D eigenvalue weighted by atomic mass is 9.97. The van der Waals surface area contributed by atoms with Crippen LogP contribution in [0.1, 0.15) is 49.3 Å². The van der Waals surface area contributed by atoms with Gasteiger partial charge in [0.1, 0.15) is 17.9 Å². The Morgan fingerprint density at radius 3 is 2.54 bits per heavy atom. The summed E-state index contributed by atoms with van der Waals surface area (Å²) in [6.45, 7) is 4.98. The number of benzene rings is 2. The number of amides is 1. The number of unbranched alkanes of at least 4 members (excludes halogenated alkanes) is 1. The molecule has 0 bridgehead atoms. The second kappa shape index (κ2) is 11.2. The standard InChI is InChI=1S/C28H31NO6/c1-3-4-10-22-17-25(30)35-26-19(2)24(12-11-23(22)26)34-27(31)21-13-15-29(16-14-21)28(32)33-18-20-8-6-5-7-9-20/h5-9,11-12,17,21H,3-4,10,13-16,18H2,1-2H3. The van der Waals surface area contributed by atoms with Gasteiger partial charge in [-0.05, 0) is 55.9 Å². The number of hydrogen-bond donors (Lipinski definition) is 0. The average Bonchev–Trinajstić information content (AvgIpc) is 2.88. The van der Waals surface area contributed by atoms with Crippen LogP contribution < -0.4 is 10.4 Å². The van der Waals surface area contributed by atoms with Crippen molar-refractivity contribution < 1.29 is 23.5 Å². The molecule has 0 atom stereocenters. The zero-order valence-electron chi connectivity index (χ0n) is 20.2. The molecule has 1 aliphatic rings. The van der Waals surface area contributed by atoms with Crippen molar-refractivity contribution in [3.63, 3.8) is 0 Å². The lowest BCUT2D eigenvalue weighted by molar-refractivity contribution is -0.140. The summed E-state index contributed by atoms with van der Waals surface area (Å²) in [7, 11) is 0. The number of ether oxygens (including phenoxy) is 2. The Hall–Kier alpha value is -3.61. The van der Waals surface area contributed by atoms with Crippen molar-refractivity contribution in [3.8, 4) is 5.75 Å². The molecule has 0 radical (unpaired) electrons. The van der Waals surface area contributed by atoms with Gasteiger partial charge in [0, 0.05) is 30.1 Å². The minimum Gasteiger partial charge on any atom is -0.445 e. The molecule has 2 aromatic carbocycles. The second-order valence-corrected chi connectivity index (χ2v) is 8.98. The fourth-order valence-corrected chi connectivity index (χ4v) is 4.39. The van der Waals surface area contributed by atoms with Gasteiger partial charge in [-0.15, -0.1) is 0 Å². The summed E-state index contributed by atoms with van der Waals surface area (Å²) >= 11 is 0. The number of esters is 1. The Morgan fingerprint density at radius 2 is 1.83 bits per heavy atom. The van der Waals surface area contributed by atoms with Gasteiger partial charge >= 0.3 is 17.7 Å². The molecule has 0 aliphatic carbocycles. The van der Waals surface area contributed by atoms with E-state index < -0.39 is 5.63 Å². The highest BCUT2D eigenvalue weighted by molar-refractivity contribution is 5.86. The van der Waals surface area contributed by atoms with E-state index in [1.807, 2.05) is 36.4 Å². The summed E-state index contributed by atoms with van der Waals surface area (Å²) in [5.41, 5.74) is 2.57. The van der Waals surface area contributed by atoms with Crippen LogP contribution in [0.5, 0.6) is 5.75 Å². The summed E-state index contributed by atoms with van der Waals surface area (Å²) in [5.74, 6) is -0.261. The monoisotopic (exact) mass is 477 g/mol. The van der Waals surface area contributed by atoms with Crippen LogP contribution in [0, 0.1) is 12.8 Å². The first kappa shape index (κ1) is 24.5. The number of likely N-dealkylation sites (tertiary alicyclic amines) is 1. The Labute approximate surface area is 204 Å². The van der Waals surface area contributed by atoms with Crippen LogP contribution in [-0.2, 0) is 22.6 Å². The molecule has 0 saturated carbocycles. The number of aryl methyl sites for hydroxylation is 2. The zero-order valence-corrected chi connectivity index (χ0v) is 20.2. The molecule has 35 heavy (non-hydrogen) atoms. The van der Waals surface area contributed by atoms with Crippen molar-refractivity contribution in [1.29, 1.82) is 0 Å². The van der Waals surface area contributed by atoms with Gasteiger partial charge in [-0.25, -0.2) is 9.59 Å². The molecule has 184 valence electrons. The largest absolute Gasteiger partial charge is 0.445 e. The normalized spacial score (nSPS) is 14.2. The number of carbonyl (C=O) groups is 2. The molecular formula is C28H31NO6. The van der Waals surface area contributed by atoms with Crippen molar-refractivity contribution in [3.05, 3.63) is 75.6 Å². The van der Waals surface area contributed by atoms with E-state index in [0.717, 1.165) is 35.8 Å². The van der Waals surface area contributed by atoms with Crippen molar-refractivity contribution in [2.45, 2.75) is 52.6 Å². The Bertz CT molecular complexity index is 1240. The summed E-state index contributed by atoms with van der Waals surface area (Å²) < 4.78 is 16.6. The number of hydrogen-bond acceptors (Lipinski definition) is 6. The van der Waals surface area contributed by atoms with Gasteiger partial charge in [0.2, 0.25) is 0 Å². The molecule has 1 fully saturated rings. The SMILES string of the molecule is CCCCc1cc(=O)oc2c(C)c(OC(=O)C3CCN(C(=O)OCc4ccccc4)CC3)ccc12. The highest BCUT2D eigenvalue weighted by Crippen LogP contribution is 2.30. The van der Waals surface area contributed by atoms with Crippen LogP contribution in [0.4, 0.5) is 4.79 Å².